The Hall–Kier alpha value is -3.41. The number of phenolic OH excluding ortho intramolecular Hbond substituents is 4. The van der Waals surface area contributed by atoms with Crippen LogP contribution in [-0.4, -0.2) is 32.8 Å². The minimum absolute atomic E-state index is 0.00730. The monoisotopic (exact) mass is 424 g/mol. The van der Waals surface area contributed by atoms with Gasteiger partial charge < -0.3 is 25.2 Å². The highest BCUT2D eigenvalue weighted by atomic mass is 16.5. The van der Waals surface area contributed by atoms with Gasteiger partial charge in [-0.05, 0) is 46.1 Å². The molecule has 1 aliphatic heterocycles. The van der Waals surface area contributed by atoms with Crippen LogP contribution in [0.5, 0.6) is 28.7 Å². The third kappa shape index (κ3) is 4.85. The van der Waals surface area contributed by atoms with Crippen molar-refractivity contribution in [3.05, 3.63) is 64.3 Å². The first kappa shape index (κ1) is 22.3. The Balaban J connectivity index is 1.91. The SMILES string of the molecule is CC(C)=CCCC(C)=CCc1c(O)cc(O)c2c1OC[C@H](c1ccc(O)cc1O)C2=O. The molecule has 164 valence electrons. The predicted octanol–water partition coefficient (Wildman–Crippen LogP) is 5.10. The number of fused-ring (bicyclic) bond motifs is 1. The minimum Gasteiger partial charge on any atom is -0.508 e. The summed E-state index contributed by atoms with van der Waals surface area (Å²) in [7, 11) is 0. The molecule has 0 aromatic heterocycles. The Labute approximate surface area is 181 Å². The van der Waals surface area contributed by atoms with Crippen molar-refractivity contribution in [1.29, 1.82) is 0 Å². The molecule has 0 spiro atoms. The van der Waals surface area contributed by atoms with E-state index in [1.807, 2.05) is 13.0 Å². The second-order valence-corrected chi connectivity index (χ2v) is 8.14. The minimum atomic E-state index is -0.835. The molecule has 0 unspecified atom stereocenters. The quantitative estimate of drug-likeness (QED) is 0.481. The topological polar surface area (TPSA) is 107 Å². The fraction of sp³-hybridized carbons (Fsp3) is 0.320. The van der Waals surface area contributed by atoms with Crippen molar-refractivity contribution in [3.8, 4) is 28.7 Å². The van der Waals surface area contributed by atoms with Crippen LogP contribution in [0.3, 0.4) is 0 Å². The summed E-state index contributed by atoms with van der Waals surface area (Å²) in [6.07, 6.45) is 6.32. The first-order valence-corrected chi connectivity index (χ1v) is 10.2. The Morgan fingerprint density at radius 1 is 1.03 bits per heavy atom. The molecule has 0 radical (unpaired) electrons. The lowest BCUT2D eigenvalue weighted by Gasteiger charge is -2.27. The highest BCUT2D eigenvalue weighted by Crippen LogP contribution is 2.45. The van der Waals surface area contributed by atoms with Crippen molar-refractivity contribution < 1.29 is 30.0 Å². The molecule has 3 rings (SSSR count). The maximum Gasteiger partial charge on any atom is 0.181 e. The van der Waals surface area contributed by atoms with Crippen molar-refractivity contribution in [3.63, 3.8) is 0 Å². The molecule has 0 amide bonds. The van der Waals surface area contributed by atoms with Crippen LogP contribution in [0, 0.1) is 0 Å². The van der Waals surface area contributed by atoms with Gasteiger partial charge in [-0.3, -0.25) is 4.79 Å². The van der Waals surface area contributed by atoms with E-state index in [4.69, 9.17) is 4.74 Å². The zero-order valence-electron chi connectivity index (χ0n) is 18.0. The van der Waals surface area contributed by atoms with Crippen molar-refractivity contribution in [2.45, 2.75) is 46.0 Å². The molecule has 6 nitrogen and oxygen atoms in total. The smallest absolute Gasteiger partial charge is 0.181 e. The van der Waals surface area contributed by atoms with Gasteiger partial charge in [-0.25, -0.2) is 0 Å². The number of ketones is 1. The molecule has 0 fully saturated rings. The van der Waals surface area contributed by atoms with Crippen LogP contribution in [0.15, 0.2) is 47.6 Å². The number of phenols is 4. The third-order valence-corrected chi connectivity index (χ3v) is 5.43. The van der Waals surface area contributed by atoms with Crippen molar-refractivity contribution in [2.24, 2.45) is 0 Å². The zero-order chi connectivity index (χ0) is 22.7. The summed E-state index contributed by atoms with van der Waals surface area (Å²) in [5.74, 6) is -1.92. The number of hydrogen-bond acceptors (Lipinski definition) is 6. The summed E-state index contributed by atoms with van der Waals surface area (Å²) < 4.78 is 5.83. The van der Waals surface area contributed by atoms with Crippen LogP contribution < -0.4 is 4.74 Å². The molecule has 6 heteroatoms. The molecule has 0 saturated heterocycles. The highest BCUT2D eigenvalue weighted by Gasteiger charge is 2.36. The van der Waals surface area contributed by atoms with Crippen molar-refractivity contribution >= 4 is 5.78 Å². The first-order chi connectivity index (χ1) is 14.7. The number of benzene rings is 2. The molecule has 0 aliphatic carbocycles. The summed E-state index contributed by atoms with van der Waals surface area (Å²) in [6.45, 7) is 6.07. The van der Waals surface area contributed by atoms with E-state index in [1.54, 1.807) is 0 Å². The van der Waals surface area contributed by atoms with Crippen LogP contribution >= 0.6 is 0 Å². The normalized spacial score (nSPS) is 15.9. The summed E-state index contributed by atoms with van der Waals surface area (Å²) in [6, 6.07) is 5.14. The van der Waals surface area contributed by atoms with Crippen LogP contribution in [0.25, 0.3) is 0 Å². The number of Topliss-reactive ketones (excluding diaryl/α,β-unsaturated/α-hetero) is 1. The Kier molecular flexibility index (Phi) is 6.59. The van der Waals surface area contributed by atoms with E-state index in [1.165, 1.54) is 17.7 Å². The maximum absolute atomic E-state index is 13.2. The predicted molar refractivity (Wildman–Crippen MR) is 118 cm³/mol. The molecule has 2 aromatic rings. The standard InChI is InChI=1S/C25H28O6/c1-14(2)5-4-6-15(3)7-9-18-21(28)12-22(29)23-24(30)19(13-31-25(18)23)17-10-8-16(26)11-20(17)27/h5,7-8,10-12,19,26-29H,4,6,9,13H2,1-3H3/t19-/m1/s1. The van der Waals surface area contributed by atoms with Gasteiger partial charge in [0.2, 0.25) is 0 Å². The molecule has 0 saturated carbocycles. The summed E-state index contributed by atoms with van der Waals surface area (Å²) >= 11 is 0. The van der Waals surface area contributed by atoms with Crippen molar-refractivity contribution in [1.82, 2.24) is 0 Å². The fourth-order valence-corrected chi connectivity index (χ4v) is 3.71. The molecular formula is C25H28O6. The molecule has 1 heterocycles. The Morgan fingerprint density at radius 3 is 2.45 bits per heavy atom. The zero-order valence-corrected chi connectivity index (χ0v) is 18.0. The van der Waals surface area contributed by atoms with Crippen molar-refractivity contribution in [2.75, 3.05) is 6.61 Å². The van der Waals surface area contributed by atoms with E-state index in [0.29, 0.717) is 17.5 Å². The number of ether oxygens (including phenoxy) is 1. The molecule has 4 N–H and O–H groups in total. The van der Waals surface area contributed by atoms with E-state index < -0.39 is 11.7 Å². The number of hydrogen-bond donors (Lipinski definition) is 4. The Bertz CT molecular complexity index is 1060. The van der Waals surface area contributed by atoms with Gasteiger partial charge in [-0.15, -0.1) is 0 Å². The van der Waals surface area contributed by atoms with Gasteiger partial charge in [0.1, 0.15) is 40.9 Å². The first-order valence-electron chi connectivity index (χ1n) is 10.2. The molecule has 0 bridgehead atoms. The maximum atomic E-state index is 13.2. The molecule has 31 heavy (non-hydrogen) atoms. The second-order valence-electron chi connectivity index (χ2n) is 8.14. The number of allylic oxidation sites excluding steroid dienone is 4. The molecule has 1 atom stereocenters. The molecule has 1 aliphatic rings. The van der Waals surface area contributed by atoms with Crippen LogP contribution in [0.4, 0.5) is 0 Å². The largest absolute Gasteiger partial charge is 0.508 e. The van der Waals surface area contributed by atoms with Gasteiger partial charge in [-0.2, -0.15) is 0 Å². The van der Waals surface area contributed by atoms with Crippen LogP contribution in [0.1, 0.15) is 61.0 Å². The molecular weight excluding hydrogens is 396 g/mol. The average Bonchev–Trinajstić information content (AvgIpc) is 2.68. The number of aromatic hydroxyl groups is 4. The lowest BCUT2D eigenvalue weighted by Crippen LogP contribution is -2.27. The summed E-state index contributed by atoms with van der Waals surface area (Å²) in [4.78, 5) is 13.2. The van der Waals surface area contributed by atoms with Gasteiger partial charge in [0.25, 0.3) is 0 Å². The van der Waals surface area contributed by atoms with E-state index in [-0.39, 0.29) is 40.9 Å². The van der Waals surface area contributed by atoms with E-state index >= 15 is 0 Å². The number of rotatable bonds is 6. The Morgan fingerprint density at radius 2 is 1.77 bits per heavy atom. The van der Waals surface area contributed by atoms with E-state index in [0.717, 1.165) is 30.5 Å². The van der Waals surface area contributed by atoms with Gasteiger partial charge in [0.05, 0.1) is 5.92 Å². The van der Waals surface area contributed by atoms with E-state index in [9.17, 15) is 25.2 Å². The molecule has 2 aromatic carbocycles. The second kappa shape index (κ2) is 9.16. The van der Waals surface area contributed by atoms with Crippen LogP contribution in [-0.2, 0) is 6.42 Å². The number of carbonyl (C=O) groups excluding carboxylic acids is 1. The lowest BCUT2D eigenvalue weighted by atomic mass is 9.86. The van der Waals surface area contributed by atoms with Gasteiger partial charge >= 0.3 is 0 Å². The highest BCUT2D eigenvalue weighted by molar-refractivity contribution is 6.07. The van der Waals surface area contributed by atoms with Gasteiger partial charge in [-0.1, -0.05) is 29.4 Å². The van der Waals surface area contributed by atoms with Gasteiger partial charge in [0.15, 0.2) is 5.78 Å². The van der Waals surface area contributed by atoms with E-state index in [2.05, 4.69) is 19.9 Å². The summed E-state index contributed by atoms with van der Waals surface area (Å²) in [5.41, 5.74) is 3.15. The van der Waals surface area contributed by atoms with Crippen LogP contribution in [0.2, 0.25) is 0 Å². The third-order valence-electron chi connectivity index (χ3n) is 5.43. The number of carbonyl (C=O) groups is 1. The lowest BCUT2D eigenvalue weighted by molar-refractivity contribution is 0.0888. The average molecular weight is 424 g/mol. The fourth-order valence-electron chi connectivity index (χ4n) is 3.71. The van der Waals surface area contributed by atoms with Gasteiger partial charge in [0, 0.05) is 23.3 Å². The summed E-state index contributed by atoms with van der Waals surface area (Å²) in [5, 5.41) is 40.4.